The lowest BCUT2D eigenvalue weighted by Crippen LogP contribution is -2.45. The van der Waals surface area contributed by atoms with Crippen LogP contribution in [-0.2, 0) is 0 Å². The van der Waals surface area contributed by atoms with E-state index in [0.717, 1.165) is 26.6 Å². The smallest absolute Gasteiger partial charge is 0.337 e. The third-order valence-electron chi connectivity index (χ3n) is 10.7. The van der Waals surface area contributed by atoms with Gasteiger partial charge in [0.1, 0.15) is 22.9 Å². The summed E-state index contributed by atoms with van der Waals surface area (Å²) in [6.07, 6.45) is 7.40. The molecule has 0 amide bonds. The van der Waals surface area contributed by atoms with E-state index in [1.165, 1.54) is 18.2 Å². The maximum atomic E-state index is 13.6. The zero-order chi connectivity index (χ0) is 37.0. The summed E-state index contributed by atoms with van der Waals surface area (Å²) in [6.45, 7) is 22.5. The molecule has 6 rings (SSSR count). The molecule has 6 nitrogen and oxygen atoms in total. The van der Waals surface area contributed by atoms with Crippen LogP contribution in [0.3, 0.4) is 0 Å². The molecule has 270 valence electrons. The average molecular weight is 792 g/mol. The van der Waals surface area contributed by atoms with E-state index in [-0.39, 0.29) is 34.7 Å². The van der Waals surface area contributed by atoms with Crippen molar-refractivity contribution < 1.29 is 18.7 Å². The van der Waals surface area contributed by atoms with Gasteiger partial charge in [-0.15, -0.1) is 0 Å². The van der Waals surface area contributed by atoms with Crippen molar-refractivity contribution in [2.75, 3.05) is 0 Å². The predicted octanol–water partition coefficient (Wildman–Crippen LogP) is 12.5. The third kappa shape index (κ3) is 7.66. The summed E-state index contributed by atoms with van der Waals surface area (Å²) in [5.74, 6) is -1.55. The number of nitrogens with zero attached hydrogens (tertiary/aromatic N) is 4. The van der Waals surface area contributed by atoms with Crippen LogP contribution in [0, 0.1) is 11.6 Å². The monoisotopic (exact) mass is 790 g/mol. The van der Waals surface area contributed by atoms with E-state index >= 15 is 0 Å². The maximum Gasteiger partial charge on any atom is 0.337 e. The van der Waals surface area contributed by atoms with Gasteiger partial charge in [-0.3, -0.25) is 0 Å². The number of benzene rings is 2. The molecule has 0 saturated carbocycles. The van der Waals surface area contributed by atoms with Gasteiger partial charge >= 0.3 is 5.97 Å². The zero-order valence-corrected chi connectivity index (χ0v) is 33.9. The maximum absolute atomic E-state index is 13.6. The molecular weight excluding hydrogens is 743 g/mol. The quantitative estimate of drug-likeness (QED) is 0.177. The van der Waals surface area contributed by atoms with Crippen molar-refractivity contribution in [1.82, 2.24) is 18.4 Å². The molecule has 51 heavy (non-hydrogen) atoms. The molecule has 6 aromatic rings. The Bertz CT molecular complexity index is 2230. The predicted molar refractivity (Wildman–Crippen MR) is 217 cm³/mol. The van der Waals surface area contributed by atoms with Gasteiger partial charge in [-0.2, -0.15) is 0 Å². The van der Waals surface area contributed by atoms with E-state index in [1.807, 2.05) is 12.3 Å². The van der Waals surface area contributed by atoms with Crippen LogP contribution in [0.1, 0.15) is 59.3 Å². The van der Waals surface area contributed by atoms with Crippen LogP contribution < -0.4 is 0 Å². The van der Waals surface area contributed by atoms with Gasteiger partial charge in [0.25, 0.3) is 0 Å². The number of rotatable bonds is 5. The molecule has 0 aliphatic rings. The molecule has 0 saturated heterocycles. The standard InChI is InChI=1S/C20H23FN2O2Si.C19H22BrFN2Si.CH4/c1-20(2,3)26(4,5)23-12-17(19(24)25)16-10-14(11-22-18(16)23)13-7-6-8-15(21)9-13;1-19(2,3)24(4,5)23-12-17(20)16-10-14(11-22-18(16)23)13-7-6-8-15(21)9-13;/h6-12H,1-5H3,(H,24,25);6-12H,1-5H3;1H4. The molecule has 0 bridgehead atoms. The van der Waals surface area contributed by atoms with Crippen LogP contribution in [0.25, 0.3) is 44.3 Å². The summed E-state index contributed by atoms with van der Waals surface area (Å²) in [6, 6.07) is 16.7. The number of aromatic nitrogens is 4. The molecule has 2 aromatic carbocycles. The minimum Gasteiger partial charge on any atom is -0.478 e. The summed E-state index contributed by atoms with van der Waals surface area (Å²) in [5, 5.41) is 11.6. The minimum atomic E-state index is -2.05. The highest BCUT2D eigenvalue weighted by Gasteiger charge is 2.40. The Balaban J connectivity index is 0.000000225. The molecule has 0 fully saturated rings. The Kier molecular flexibility index (Phi) is 11.1. The average Bonchev–Trinajstić information content (AvgIpc) is 3.58. The summed E-state index contributed by atoms with van der Waals surface area (Å²) in [7, 11) is -3.81. The summed E-state index contributed by atoms with van der Waals surface area (Å²) >= 11 is 3.69. The lowest BCUT2D eigenvalue weighted by molar-refractivity contribution is 0.0699. The lowest BCUT2D eigenvalue weighted by Gasteiger charge is -2.38. The lowest BCUT2D eigenvalue weighted by atomic mass is 10.1. The van der Waals surface area contributed by atoms with Gasteiger partial charge in [-0.05, 0) is 73.5 Å². The van der Waals surface area contributed by atoms with Crippen molar-refractivity contribution >= 4 is 60.4 Å². The van der Waals surface area contributed by atoms with Gasteiger partial charge < -0.3 is 13.6 Å². The van der Waals surface area contributed by atoms with Crippen molar-refractivity contribution in [3.63, 3.8) is 0 Å². The van der Waals surface area contributed by atoms with Crippen molar-refractivity contribution in [2.24, 2.45) is 0 Å². The molecule has 0 aliphatic carbocycles. The Morgan fingerprint density at radius 1 is 0.686 bits per heavy atom. The van der Waals surface area contributed by atoms with Crippen molar-refractivity contribution in [2.45, 2.75) is 85.2 Å². The van der Waals surface area contributed by atoms with Crippen molar-refractivity contribution in [3.8, 4) is 22.3 Å². The van der Waals surface area contributed by atoms with Crippen LogP contribution in [-0.4, -0.2) is 46.0 Å². The zero-order valence-electron chi connectivity index (χ0n) is 30.4. The number of hydrogen-bond donors (Lipinski definition) is 1. The fraction of sp³-hybridized carbons (Fsp3) is 0.325. The molecule has 4 heterocycles. The highest BCUT2D eigenvalue weighted by molar-refractivity contribution is 9.10. The van der Waals surface area contributed by atoms with Gasteiger partial charge in [0, 0.05) is 51.2 Å². The number of carboxylic acid groups (broad SMARTS) is 1. The van der Waals surface area contributed by atoms with E-state index in [0.29, 0.717) is 22.2 Å². The van der Waals surface area contributed by atoms with Crippen LogP contribution in [0.15, 0.2) is 89.9 Å². The molecule has 1 N–H and O–H groups in total. The van der Waals surface area contributed by atoms with Gasteiger partial charge in [-0.25, -0.2) is 23.5 Å². The Morgan fingerprint density at radius 2 is 1.10 bits per heavy atom. The first-order valence-corrected chi connectivity index (χ1v) is 23.3. The number of hydrogen-bond acceptors (Lipinski definition) is 3. The van der Waals surface area contributed by atoms with E-state index < -0.39 is 22.4 Å². The first kappa shape index (κ1) is 39.8. The van der Waals surface area contributed by atoms with Gasteiger partial charge in [0.05, 0.1) is 5.56 Å². The van der Waals surface area contributed by atoms with Crippen LogP contribution in [0.4, 0.5) is 8.78 Å². The highest BCUT2D eigenvalue weighted by atomic mass is 79.9. The topological polar surface area (TPSA) is 72.9 Å². The summed E-state index contributed by atoms with van der Waals surface area (Å²) in [4.78, 5) is 21.1. The molecule has 0 radical (unpaired) electrons. The fourth-order valence-corrected chi connectivity index (χ4v) is 10.0. The number of fused-ring (bicyclic) bond motifs is 2. The van der Waals surface area contributed by atoms with Crippen molar-refractivity contribution in [1.29, 1.82) is 0 Å². The second-order valence-corrected chi connectivity index (χ2v) is 26.9. The highest BCUT2D eigenvalue weighted by Crippen LogP contribution is 2.42. The first-order chi connectivity index (χ1) is 23.1. The number of carboxylic acids is 1. The number of carbonyl (C=O) groups is 1. The van der Waals surface area contributed by atoms with E-state index in [1.54, 1.807) is 42.7 Å². The normalized spacial score (nSPS) is 12.4. The largest absolute Gasteiger partial charge is 0.478 e. The van der Waals surface area contributed by atoms with Gasteiger partial charge in [0.15, 0.2) is 16.5 Å². The molecule has 0 unspecified atom stereocenters. The van der Waals surface area contributed by atoms with Gasteiger partial charge in [0.2, 0.25) is 0 Å². The molecule has 0 spiro atoms. The molecular formula is C40H49BrF2N4O2Si2. The van der Waals surface area contributed by atoms with Crippen LogP contribution in [0.2, 0.25) is 36.3 Å². The SMILES string of the molecule is C.CC(C)(C)[Si](C)(C)n1cc(Br)c2cc(-c3cccc(F)c3)cnc21.CC(C)(C)[Si](C)(C)n1cc(C(=O)O)c2cc(-c3cccc(F)c3)cnc21. The van der Waals surface area contributed by atoms with Gasteiger partial charge in [-0.1, -0.05) is 99.4 Å². The molecule has 11 heteroatoms. The Hall–Kier alpha value is -3.94. The summed E-state index contributed by atoms with van der Waals surface area (Å²) in [5.41, 5.74) is 5.05. The summed E-state index contributed by atoms with van der Waals surface area (Å²) < 4.78 is 32.5. The van der Waals surface area contributed by atoms with E-state index in [4.69, 9.17) is 4.98 Å². The van der Waals surface area contributed by atoms with Crippen LogP contribution in [0.5, 0.6) is 0 Å². The fourth-order valence-electron chi connectivity index (χ4n) is 5.57. The van der Waals surface area contributed by atoms with E-state index in [2.05, 4.69) is 109 Å². The first-order valence-electron chi connectivity index (χ1n) is 16.6. The number of pyridine rings is 2. The Labute approximate surface area is 310 Å². The molecule has 0 aliphatic heterocycles. The van der Waals surface area contributed by atoms with E-state index in [9.17, 15) is 18.7 Å². The van der Waals surface area contributed by atoms with Crippen LogP contribution >= 0.6 is 15.9 Å². The number of halogens is 3. The minimum absolute atomic E-state index is 0. The Morgan fingerprint density at radius 3 is 1.51 bits per heavy atom. The molecule has 4 aromatic heterocycles. The molecule has 0 atom stereocenters. The third-order valence-corrected chi connectivity index (χ3v) is 21.7. The number of aromatic carboxylic acids is 1. The van der Waals surface area contributed by atoms with Crippen molar-refractivity contribution in [3.05, 3.63) is 107 Å². The second-order valence-electron chi connectivity index (χ2n) is 15.9. The second kappa shape index (κ2) is 14.2.